The van der Waals surface area contributed by atoms with Gasteiger partial charge in [0.1, 0.15) is 29.4 Å². The van der Waals surface area contributed by atoms with E-state index in [1.54, 1.807) is 68.4 Å². The van der Waals surface area contributed by atoms with Crippen molar-refractivity contribution in [1.29, 1.82) is 5.41 Å². The maximum Gasteiger partial charge on any atom is 0.344 e. The molecule has 0 aliphatic carbocycles. The Bertz CT molecular complexity index is 1360. The number of benzene rings is 2. The summed E-state index contributed by atoms with van der Waals surface area (Å²) in [7, 11) is 1.61. The number of hydrogen-bond acceptors (Lipinski definition) is 8. The summed E-state index contributed by atoms with van der Waals surface area (Å²) in [6.45, 7) is 1.41. The lowest BCUT2D eigenvalue weighted by atomic mass is 10.1. The number of nitrogens with one attached hydrogen (secondary N) is 1. The summed E-state index contributed by atoms with van der Waals surface area (Å²) in [5, 5.41) is 13.8. The van der Waals surface area contributed by atoms with Crippen molar-refractivity contribution in [1.82, 2.24) is 10.1 Å². The van der Waals surface area contributed by atoms with Crippen LogP contribution in [0.15, 0.2) is 76.4 Å². The normalized spacial score (nSPS) is 10.7. The summed E-state index contributed by atoms with van der Waals surface area (Å²) in [5.74, 6) is 1.01. The van der Waals surface area contributed by atoms with Gasteiger partial charge >= 0.3 is 5.97 Å². The van der Waals surface area contributed by atoms with Crippen LogP contribution in [0.3, 0.4) is 0 Å². The minimum atomic E-state index is -0.636. The number of nitrogens with zero attached hydrogens (tertiary/aromatic N) is 2. The SMILES string of the molecule is COc1ccc(C(=N)COC(=O)c2c(-c3ccccc3Cl)noc2C)cc1CSc1ccccn1. The molecule has 0 spiro atoms. The molecule has 0 aliphatic heterocycles. The maximum atomic E-state index is 12.9. The van der Waals surface area contributed by atoms with Crippen LogP contribution in [-0.2, 0) is 10.5 Å². The highest BCUT2D eigenvalue weighted by molar-refractivity contribution is 7.98. The molecule has 2 heterocycles. The molecule has 0 bridgehead atoms. The zero-order valence-electron chi connectivity index (χ0n) is 19.1. The predicted octanol–water partition coefficient (Wildman–Crippen LogP) is 6.22. The lowest BCUT2D eigenvalue weighted by molar-refractivity contribution is 0.0562. The van der Waals surface area contributed by atoms with Crippen LogP contribution in [0, 0.1) is 12.3 Å². The summed E-state index contributed by atoms with van der Waals surface area (Å²) >= 11 is 7.84. The largest absolute Gasteiger partial charge is 0.496 e. The number of hydrogen-bond donors (Lipinski definition) is 1. The molecule has 35 heavy (non-hydrogen) atoms. The van der Waals surface area contributed by atoms with E-state index in [-0.39, 0.29) is 17.9 Å². The van der Waals surface area contributed by atoms with Gasteiger partial charge in [-0.1, -0.05) is 41.0 Å². The number of ether oxygens (including phenoxy) is 2. The predicted molar refractivity (Wildman–Crippen MR) is 136 cm³/mol. The zero-order chi connectivity index (χ0) is 24.8. The number of carbonyl (C=O) groups excluding carboxylic acids is 1. The van der Waals surface area contributed by atoms with Crippen molar-refractivity contribution in [2.45, 2.75) is 17.7 Å². The second-order valence-corrected chi connectivity index (χ2v) is 8.88. The molecule has 2 aromatic carbocycles. The molecule has 0 atom stereocenters. The molecular formula is C26H22ClN3O4S. The van der Waals surface area contributed by atoms with E-state index in [1.807, 2.05) is 24.3 Å². The van der Waals surface area contributed by atoms with E-state index in [2.05, 4.69) is 10.1 Å². The third-order valence-electron chi connectivity index (χ3n) is 5.19. The van der Waals surface area contributed by atoms with E-state index in [9.17, 15) is 4.79 Å². The van der Waals surface area contributed by atoms with Crippen LogP contribution >= 0.6 is 23.4 Å². The first-order chi connectivity index (χ1) is 17.0. The first kappa shape index (κ1) is 24.5. The Morgan fingerprint density at radius 3 is 2.69 bits per heavy atom. The average Bonchev–Trinajstić information content (AvgIpc) is 3.27. The van der Waals surface area contributed by atoms with E-state index < -0.39 is 5.97 Å². The Morgan fingerprint density at radius 1 is 1.14 bits per heavy atom. The molecule has 0 amide bonds. The molecule has 0 fully saturated rings. The number of thioether (sulfide) groups is 1. The molecule has 0 unspecified atom stereocenters. The van der Waals surface area contributed by atoms with Crippen molar-refractivity contribution in [2.75, 3.05) is 13.7 Å². The van der Waals surface area contributed by atoms with Gasteiger partial charge in [0, 0.05) is 23.1 Å². The van der Waals surface area contributed by atoms with Crippen molar-refractivity contribution in [2.24, 2.45) is 0 Å². The van der Waals surface area contributed by atoms with Crippen molar-refractivity contribution >= 4 is 35.0 Å². The summed E-state index contributed by atoms with van der Waals surface area (Å²) in [5.41, 5.74) is 2.75. The highest BCUT2D eigenvalue weighted by atomic mass is 35.5. The van der Waals surface area contributed by atoms with E-state index >= 15 is 0 Å². The summed E-state index contributed by atoms with van der Waals surface area (Å²) in [6, 6.07) is 18.2. The van der Waals surface area contributed by atoms with Gasteiger partial charge in [0.05, 0.1) is 22.9 Å². The van der Waals surface area contributed by atoms with Crippen LogP contribution in [0.5, 0.6) is 5.75 Å². The monoisotopic (exact) mass is 507 g/mol. The Labute approximate surface area is 211 Å². The van der Waals surface area contributed by atoms with Crippen molar-refractivity contribution in [3.63, 3.8) is 0 Å². The van der Waals surface area contributed by atoms with E-state index in [1.165, 1.54) is 0 Å². The molecule has 178 valence electrons. The van der Waals surface area contributed by atoms with Gasteiger partial charge in [-0.05, 0) is 48.9 Å². The minimum absolute atomic E-state index is 0.151. The molecule has 4 rings (SSSR count). The van der Waals surface area contributed by atoms with Gasteiger partial charge in [-0.3, -0.25) is 0 Å². The van der Waals surface area contributed by atoms with Crippen LogP contribution in [0.4, 0.5) is 0 Å². The molecule has 7 nitrogen and oxygen atoms in total. The summed E-state index contributed by atoms with van der Waals surface area (Å²) < 4.78 is 16.2. The number of aryl methyl sites for hydroxylation is 1. The molecule has 0 aliphatic rings. The Balaban J connectivity index is 1.47. The van der Waals surface area contributed by atoms with Gasteiger partial charge < -0.3 is 19.4 Å². The Hall–Kier alpha value is -3.62. The fraction of sp³-hybridized carbons (Fsp3) is 0.154. The number of aromatic nitrogens is 2. The molecule has 1 N–H and O–H groups in total. The number of carbonyl (C=O) groups is 1. The maximum absolute atomic E-state index is 12.9. The molecule has 2 aromatic heterocycles. The lowest BCUT2D eigenvalue weighted by Crippen LogP contribution is -2.15. The van der Waals surface area contributed by atoms with Crippen LogP contribution in [-0.4, -0.2) is 35.5 Å². The van der Waals surface area contributed by atoms with Crippen LogP contribution in [0.2, 0.25) is 5.02 Å². The Kier molecular flexibility index (Phi) is 7.84. The summed E-state index contributed by atoms with van der Waals surface area (Å²) in [4.78, 5) is 17.2. The smallest absolute Gasteiger partial charge is 0.344 e. The van der Waals surface area contributed by atoms with Gasteiger partial charge in [-0.25, -0.2) is 9.78 Å². The molecule has 0 saturated heterocycles. The number of halogens is 1. The van der Waals surface area contributed by atoms with Crippen molar-refractivity contribution in [3.8, 4) is 17.0 Å². The second kappa shape index (κ2) is 11.2. The van der Waals surface area contributed by atoms with Gasteiger partial charge in [0.2, 0.25) is 0 Å². The number of pyridine rings is 1. The fourth-order valence-corrected chi connectivity index (χ4v) is 4.47. The molecule has 9 heteroatoms. The van der Waals surface area contributed by atoms with Gasteiger partial charge in [-0.2, -0.15) is 0 Å². The highest BCUT2D eigenvalue weighted by Crippen LogP contribution is 2.32. The number of methoxy groups -OCH3 is 1. The third kappa shape index (κ3) is 5.72. The van der Waals surface area contributed by atoms with Crippen LogP contribution in [0.1, 0.15) is 27.2 Å². The van der Waals surface area contributed by atoms with Crippen molar-refractivity contribution in [3.05, 3.63) is 94.3 Å². The molecule has 0 radical (unpaired) electrons. The minimum Gasteiger partial charge on any atom is -0.496 e. The highest BCUT2D eigenvalue weighted by Gasteiger charge is 2.24. The Morgan fingerprint density at radius 2 is 1.94 bits per heavy atom. The van der Waals surface area contributed by atoms with E-state index in [0.29, 0.717) is 39.1 Å². The average molecular weight is 508 g/mol. The zero-order valence-corrected chi connectivity index (χ0v) is 20.7. The number of esters is 1. The molecule has 0 saturated carbocycles. The molecular weight excluding hydrogens is 486 g/mol. The number of rotatable bonds is 9. The second-order valence-electron chi connectivity index (χ2n) is 7.48. The molecule has 4 aromatic rings. The van der Waals surface area contributed by atoms with Crippen molar-refractivity contribution < 1.29 is 18.8 Å². The standard InChI is InChI=1S/C26H22ClN3O4S/c1-16-24(25(30-34-16)19-7-3-4-8-20(19)27)26(31)33-14-21(28)17-10-11-22(32-2)18(13-17)15-35-23-9-5-6-12-29-23/h3-13,28H,14-15H2,1-2H3. The van der Waals surface area contributed by atoms with E-state index in [4.69, 9.17) is 31.0 Å². The van der Waals surface area contributed by atoms with Gasteiger partial charge in [0.25, 0.3) is 0 Å². The fourth-order valence-electron chi connectivity index (χ4n) is 3.41. The van der Waals surface area contributed by atoms with Gasteiger partial charge in [0.15, 0.2) is 0 Å². The first-order valence-corrected chi connectivity index (χ1v) is 12.0. The van der Waals surface area contributed by atoms with Gasteiger partial charge in [-0.15, -0.1) is 11.8 Å². The lowest BCUT2D eigenvalue weighted by Gasteiger charge is -2.12. The van der Waals surface area contributed by atoms with Crippen LogP contribution < -0.4 is 4.74 Å². The van der Waals surface area contributed by atoms with E-state index in [0.717, 1.165) is 10.6 Å². The third-order valence-corrected chi connectivity index (χ3v) is 6.51. The summed E-state index contributed by atoms with van der Waals surface area (Å²) in [6.07, 6.45) is 1.74. The quantitative estimate of drug-likeness (QED) is 0.163. The topological polar surface area (TPSA) is 98.3 Å². The van der Waals surface area contributed by atoms with Crippen LogP contribution in [0.25, 0.3) is 11.3 Å². The first-order valence-electron chi connectivity index (χ1n) is 10.6.